The van der Waals surface area contributed by atoms with E-state index in [9.17, 15) is 9.90 Å². The van der Waals surface area contributed by atoms with Gasteiger partial charge >= 0.3 is 5.97 Å². The van der Waals surface area contributed by atoms with Crippen molar-refractivity contribution in [2.75, 3.05) is 19.7 Å². The molecule has 104 valence electrons. The summed E-state index contributed by atoms with van der Waals surface area (Å²) < 4.78 is 5.58. The van der Waals surface area contributed by atoms with Gasteiger partial charge in [-0.05, 0) is 19.4 Å². The maximum atomic E-state index is 11.5. The lowest BCUT2D eigenvalue weighted by atomic mass is 9.97. The van der Waals surface area contributed by atoms with E-state index in [1.165, 1.54) is 0 Å². The Morgan fingerprint density at radius 3 is 2.74 bits per heavy atom. The number of rotatable bonds is 4. The Hall–Kier alpha value is -1.39. The molecule has 0 aliphatic carbocycles. The molecule has 0 amide bonds. The molecule has 0 bridgehead atoms. The number of morpholine rings is 1. The van der Waals surface area contributed by atoms with E-state index in [0.29, 0.717) is 13.2 Å². The summed E-state index contributed by atoms with van der Waals surface area (Å²) in [5.74, 6) is -1.24. The van der Waals surface area contributed by atoms with Crippen LogP contribution in [0.15, 0.2) is 30.3 Å². The van der Waals surface area contributed by atoms with Crippen molar-refractivity contribution >= 4 is 5.97 Å². The molecule has 4 nitrogen and oxygen atoms in total. The van der Waals surface area contributed by atoms with E-state index >= 15 is 0 Å². The quantitative estimate of drug-likeness (QED) is 0.902. The van der Waals surface area contributed by atoms with E-state index in [1.807, 2.05) is 37.3 Å². The van der Waals surface area contributed by atoms with Crippen LogP contribution >= 0.6 is 0 Å². The number of hydrogen-bond donors (Lipinski definition) is 1. The molecule has 1 heterocycles. The summed E-state index contributed by atoms with van der Waals surface area (Å²) >= 11 is 0. The second kappa shape index (κ2) is 6.17. The molecule has 3 unspecified atom stereocenters. The molecule has 2 rings (SSSR count). The van der Waals surface area contributed by atoms with Gasteiger partial charge in [0, 0.05) is 19.1 Å². The van der Waals surface area contributed by atoms with Crippen LogP contribution in [0, 0.1) is 0 Å². The molecule has 1 aromatic carbocycles. The van der Waals surface area contributed by atoms with Crippen molar-refractivity contribution in [3.05, 3.63) is 35.9 Å². The minimum atomic E-state index is -0.766. The van der Waals surface area contributed by atoms with Crippen LogP contribution in [-0.2, 0) is 9.53 Å². The third kappa shape index (κ3) is 3.55. The zero-order chi connectivity index (χ0) is 13.8. The molecule has 0 aromatic heterocycles. The number of nitrogens with zero attached hydrogens (tertiary/aromatic N) is 1. The Morgan fingerprint density at radius 1 is 1.42 bits per heavy atom. The molecule has 0 saturated carbocycles. The second-order valence-corrected chi connectivity index (χ2v) is 5.25. The van der Waals surface area contributed by atoms with Crippen molar-refractivity contribution in [2.24, 2.45) is 0 Å². The first-order chi connectivity index (χ1) is 9.08. The van der Waals surface area contributed by atoms with Gasteiger partial charge in [-0.25, -0.2) is 0 Å². The van der Waals surface area contributed by atoms with E-state index in [-0.39, 0.29) is 12.1 Å². The van der Waals surface area contributed by atoms with Gasteiger partial charge in [-0.2, -0.15) is 0 Å². The summed E-state index contributed by atoms with van der Waals surface area (Å²) in [6, 6.07) is 9.71. The predicted molar refractivity (Wildman–Crippen MR) is 73.3 cm³/mol. The highest BCUT2D eigenvalue weighted by Gasteiger charge is 2.29. The van der Waals surface area contributed by atoms with E-state index in [2.05, 4.69) is 11.8 Å². The molecule has 0 radical (unpaired) electrons. The van der Waals surface area contributed by atoms with Crippen molar-refractivity contribution in [2.45, 2.75) is 31.9 Å². The Bertz CT molecular complexity index is 421. The average Bonchev–Trinajstić information content (AvgIpc) is 2.40. The lowest BCUT2D eigenvalue weighted by molar-refractivity contribution is -0.140. The Morgan fingerprint density at radius 2 is 2.11 bits per heavy atom. The number of ether oxygens (including phenoxy) is 1. The minimum absolute atomic E-state index is 0.168. The smallest absolute Gasteiger partial charge is 0.312 e. The molecule has 1 aliphatic rings. The van der Waals surface area contributed by atoms with Crippen molar-refractivity contribution in [1.29, 1.82) is 0 Å². The zero-order valence-electron chi connectivity index (χ0n) is 11.5. The third-order valence-electron chi connectivity index (χ3n) is 3.65. The van der Waals surface area contributed by atoms with E-state index in [0.717, 1.165) is 12.1 Å². The van der Waals surface area contributed by atoms with Crippen molar-refractivity contribution in [3.63, 3.8) is 0 Å². The lowest BCUT2D eigenvalue weighted by Crippen LogP contribution is -2.49. The number of carbonyl (C=O) groups is 1. The molecule has 1 aliphatic heterocycles. The molecule has 3 atom stereocenters. The highest BCUT2D eigenvalue weighted by molar-refractivity contribution is 5.76. The average molecular weight is 263 g/mol. The largest absolute Gasteiger partial charge is 0.481 e. The molecule has 1 fully saturated rings. The number of benzene rings is 1. The normalized spacial score (nSPS) is 26.0. The lowest BCUT2D eigenvalue weighted by Gasteiger charge is -2.38. The highest BCUT2D eigenvalue weighted by atomic mass is 16.5. The minimum Gasteiger partial charge on any atom is -0.481 e. The molecule has 1 N–H and O–H groups in total. The van der Waals surface area contributed by atoms with Crippen LogP contribution in [0.2, 0.25) is 0 Å². The fourth-order valence-electron chi connectivity index (χ4n) is 2.47. The maximum absolute atomic E-state index is 11.5. The van der Waals surface area contributed by atoms with Gasteiger partial charge in [0.05, 0.1) is 18.6 Å². The summed E-state index contributed by atoms with van der Waals surface area (Å²) in [6.07, 6.45) is 0.168. The zero-order valence-corrected chi connectivity index (χ0v) is 11.5. The topological polar surface area (TPSA) is 49.8 Å². The van der Waals surface area contributed by atoms with Crippen LogP contribution in [0.3, 0.4) is 0 Å². The van der Waals surface area contributed by atoms with Crippen LogP contribution in [-0.4, -0.2) is 47.8 Å². The van der Waals surface area contributed by atoms with E-state index in [4.69, 9.17) is 4.74 Å². The summed E-state index contributed by atoms with van der Waals surface area (Å²) in [7, 11) is 0. The van der Waals surface area contributed by atoms with Crippen molar-refractivity contribution < 1.29 is 14.6 Å². The fraction of sp³-hybridized carbons (Fsp3) is 0.533. The third-order valence-corrected chi connectivity index (χ3v) is 3.65. The summed E-state index contributed by atoms with van der Waals surface area (Å²) in [5, 5.41) is 9.45. The maximum Gasteiger partial charge on any atom is 0.312 e. The first-order valence-corrected chi connectivity index (χ1v) is 6.71. The summed E-state index contributed by atoms with van der Waals surface area (Å²) in [5.41, 5.74) is 0.862. The number of carboxylic acids is 1. The monoisotopic (exact) mass is 263 g/mol. The van der Waals surface area contributed by atoms with Gasteiger partial charge in [-0.15, -0.1) is 0 Å². The molecule has 1 saturated heterocycles. The fourth-order valence-corrected chi connectivity index (χ4v) is 2.47. The van der Waals surface area contributed by atoms with Crippen LogP contribution in [0.25, 0.3) is 0 Å². The van der Waals surface area contributed by atoms with Crippen LogP contribution in [0.4, 0.5) is 0 Å². The molecular weight excluding hydrogens is 242 g/mol. The van der Waals surface area contributed by atoms with Gasteiger partial charge in [0.1, 0.15) is 0 Å². The van der Waals surface area contributed by atoms with Gasteiger partial charge in [-0.1, -0.05) is 30.3 Å². The molecule has 19 heavy (non-hydrogen) atoms. The Kier molecular flexibility index (Phi) is 4.56. The molecule has 0 spiro atoms. The van der Waals surface area contributed by atoms with Gasteiger partial charge < -0.3 is 9.84 Å². The predicted octanol–water partition coefficient (Wildman–Crippen LogP) is 1.96. The Labute approximate surface area is 114 Å². The van der Waals surface area contributed by atoms with Crippen LogP contribution < -0.4 is 0 Å². The van der Waals surface area contributed by atoms with Crippen molar-refractivity contribution in [1.82, 2.24) is 4.90 Å². The van der Waals surface area contributed by atoms with Gasteiger partial charge in [0.15, 0.2) is 0 Å². The van der Waals surface area contributed by atoms with E-state index in [1.54, 1.807) is 0 Å². The summed E-state index contributed by atoms with van der Waals surface area (Å²) in [4.78, 5) is 13.7. The standard InChI is InChI=1S/C15H21NO3/c1-11-10-19-12(2)8-16(11)9-14(15(17)18)13-6-4-3-5-7-13/h3-7,11-12,14H,8-10H2,1-2H3,(H,17,18). The van der Waals surface area contributed by atoms with Crippen molar-refractivity contribution in [3.8, 4) is 0 Å². The van der Waals surface area contributed by atoms with Gasteiger partial charge in [-0.3, -0.25) is 9.69 Å². The second-order valence-electron chi connectivity index (χ2n) is 5.25. The molecule has 1 aromatic rings. The van der Waals surface area contributed by atoms with Crippen LogP contribution in [0.5, 0.6) is 0 Å². The first kappa shape index (κ1) is 14.0. The molecular formula is C15H21NO3. The molecule has 4 heteroatoms. The van der Waals surface area contributed by atoms with E-state index < -0.39 is 11.9 Å². The number of hydrogen-bond acceptors (Lipinski definition) is 3. The number of aliphatic carboxylic acids is 1. The SMILES string of the molecule is CC1CN(CC(C(=O)O)c2ccccc2)C(C)CO1. The first-order valence-electron chi connectivity index (χ1n) is 6.71. The highest BCUT2D eigenvalue weighted by Crippen LogP contribution is 2.21. The summed E-state index contributed by atoms with van der Waals surface area (Å²) in [6.45, 7) is 6.10. The van der Waals surface area contributed by atoms with Gasteiger partial charge in [0.25, 0.3) is 0 Å². The number of carboxylic acid groups (broad SMARTS) is 1. The Balaban J connectivity index is 2.11. The van der Waals surface area contributed by atoms with Gasteiger partial charge in [0.2, 0.25) is 0 Å². The van der Waals surface area contributed by atoms with Crippen LogP contribution in [0.1, 0.15) is 25.3 Å².